The van der Waals surface area contributed by atoms with E-state index in [0.29, 0.717) is 18.5 Å². The van der Waals surface area contributed by atoms with E-state index in [0.717, 1.165) is 31.9 Å². The number of carbonyl (C=O) groups excluding carboxylic acids is 2. The zero-order valence-electron chi connectivity index (χ0n) is 29.1. The number of halogens is 1. The molecule has 272 valence electrons. The molecule has 19 nitrogen and oxygen atoms in total. The standard InChI is InChI=1S/C17H28N6O4.C12H18ClN5O4/c1-17(2,3)22(16(24)27-4)10-9-18-14-13(23(25)26)11-19-15(21-14)20-12-7-5-6-8-12;1-12(2,3)17(11(19)22-4)6-5-14-9-8(18(20)21)7-15-10(13)16-9/h11-12H,5-10H2,1-4H3,(H2,18,19,20,21);7H,5-6H2,1-4H3,(H,14,15,16). The molecule has 2 aromatic heterocycles. The highest BCUT2D eigenvalue weighted by Gasteiger charge is 2.28. The van der Waals surface area contributed by atoms with E-state index in [1.54, 1.807) is 4.90 Å². The second-order valence-electron chi connectivity index (χ2n) is 12.9. The number of amides is 2. The van der Waals surface area contributed by atoms with Crippen molar-refractivity contribution in [2.75, 3.05) is 56.3 Å². The molecule has 0 aliphatic heterocycles. The highest BCUT2D eigenvalue weighted by Crippen LogP contribution is 2.26. The number of anilines is 3. The molecule has 0 saturated heterocycles. The van der Waals surface area contributed by atoms with Gasteiger partial charge in [0.25, 0.3) is 0 Å². The van der Waals surface area contributed by atoms with Crippen LogP contribution in [0.3, 0.4) is 0 Å². The predicted octanol–water partition coefficient (Wildman–Crippen LogP) is 5.34. The maximum absolute atomic E-state index is 12.0. The lowest BCUT2D eigenvalue weighted by Crippen LogP contribution is -2.47. The number of hydrogen-bond acceptors (Lipinski definition) is 15. The number of carbonyl (C=O) groups is 2. The van der Waals surface area contributed by atoms with Crippen LogP contribution in [0.2, 0.25) is 5.28 Å². The normalized spacial score (nSPS) is 13.0. The number of nitrogens with zero attached hydrogens (tertiary/aromatic N) is 8. The molecular formula is C29H46ClN11O8. The lowest BCUT2D eigenvalue weighted by atomic mass is 10.1. The van der Waals surface area contributed by atoms with Gasteiger partial charge in [0.2, 0.25) is 22.9 Å². The molecule has 1 saturated carbocycles. The molecule has 0 unspecified atom stereocenters. The number of ether oxygens (including phenoxy) is 2. The van der Waals surface area contributed by atoms with E-state index in [1.807, 2.05) is 41.5 Å². The fourth-order valence-electron chi connectivity index (χ4n) is 4.77. The van der Waals surface area contributed by atoms with E-state index in [9.17, 15) is 29.8 Å². The van der Waals surface area contributed by atoms with Crippen LogP contribution >= 0.6 is 11.6 Å². The second-order valence-corrected chi connectivity index (χ2v) is 13.2. The third-order valence-corrected chi connectivity index (χ3v) is 7.44. The molecule has 20 heteroatoms. The SMILES string of the molecule is COC(=O)N(CCNc1nc(Cl)ncc1[N+](=O)[O-])C(C)(C)C.COC(=O)N(CCNc1nc(NC2CCCC2)ncc1[N+](=O)[O-])C(C)(C)C. The van der Waals surface area contributed by atoms with Gasteiger partial charge < -0.3 is 35.2 Å². The minimum absolute atomic E-state index is 0.00345. The zero-order chi connectivity index (χ0) is 36.9. The van der Waals surface area contributed by atoms with Crippen LogP contribution in [0.1, 0.15) is 67.2 Å². The van der Waals surface area contributed by atoms with Crippen molar-refractivity contribution in [3.63, 3.8) is 0 Å². The van der Waals surface area contributed by atoms with Crippen LogP contribution in [0.15, 0.2) is 12.4 Å². The van der Waals surface area contributed by atoms with Gasteiger partial charge in [-0.25, -0.2) is 19.6 Å². The zero-order valence-corrected chi connectivity index (χ0v) is 29.9. The highest BCUT2D eigenvalue weighted by atomic mass is 35.5. The monoisotopic (exact) mass is 711 g/mol. The first kappa shape index (κ1) is 40.4. The number of hydrogen-bond donors (Lipinski definition) is 3. The van der Waals surface area contributed by atoms with Gasteiger partial charge in [0.1, 0.15) is 12.4 Å². The summed E-state index contributed by atoms with van der Waals surface area (Å²) in [5.41, 5.74) is -1.39. The average molecular weight is 712 g/mol. The van der Waals surface area contributed by atoms with Crippen LogP contribution in [0.25, 0.3) is 0 Å². The Morgan fingerprint density at radius 3 is 1.67 bits per heavy atom. The van der Waals surface area contributed by atoms with Crippen LogP contribution in [-0.4, -0.2) is 109 Å². The average Bonchev–Trinajstić information content (AvgIpc) is 3.52. The van der Waals surface area contributed by atoms with Gasteiger partial charge in [0.05, 0.1) is 24.1 Å². The van der Waals surface area contributed by atoms with E-state index in [-0.39, 0.29) is 47.9 Å². The van der Waals surface area contributed by atoms with Crippen LogP contribution in [0.4, 0.5) is 38.5 Å². The number of nitro groups is 2. The first-order valence-electron chi connectivity index (χ1n) is 15.5. The summed E-state index contributed by atoms with van der Waals surface area (Å²) < 4.78 is 9.54. The van der Waals surface area contributed by atoms with Crippen LogP contribution in [-0.2, 0) is 9.47 Å². The maximum atomic E-state index is 12.0. The number of rotatable bonds is 12. The van der Waals surface area contributed by atoms with Crippen molar-refractivity contribution in [2.24, 2.45) is 0 Å². The second kappa shape index (κ2) is 18.1. The molecule has 2 aromatic rings. The molecule has 3 N–H and O–H groups in total. The summed E-state index contributed by atoms with van der Waals surface area (Å²) in [7, 11) is 2.62. The quantitative estimate of drug-likeness (QED) is 0.143. The Morgan fingerprint density at radius 1 is 0.837 bits per heavy atom. The Morgan fingerprint density at radius 2 is 1.27 bits per heavy atom. The molecule has 0 radical (unpaired) electrons. The molecule has 3 rings (SSSR count). The lowest BCUT2D eigenvalue weighted by molar-refractivity contribution is -0.384. The number of aromatic nitrogens is 4. The van der Waals surface area contributed by atoms with Gasteiger partial charge in [-0.15, -0.1) is 0 Å². The summed E-state index contributed by atoms with van der Waals surface area (Å²) in [5, 5.41) is 31.0. The van der Waals surface area contributed by atoms with Crippen LogP contribution < -0.4 is 16.0 Å². The van der Waals surface area contributed by atoms with Crippen molar-refractivity contribution in [3.05, 3.63) is 37.9 Å². The van der Waals surface area contributed by atoms with E-state index in [1.165, 1.54) is 25.3 Å². The summed E-state index contributed by atoms with van der Waals surface area (Å²) in [6, 6.07) is 0.301. The highest BCUT2D eigenvalue weighted by molar-refractivity contribution is 6.28. The molecule has 0 atom stereocenters. The topological polar surface area (TPSA) is 233 Å². The number of nitrogens with one attached hydrogen (secondary N) is 3. The molecule has 0 bridgehead atoms. The smallest absolute Gasteiger partial charge is 0.409 e. The lowest BCUT2D eigenvalue weighted by Gasteiger charge is -2.34. The van der Waals surface area contributed by atoms with Crippen molar-refractivity contribution in [1.29, 1.82) is 0 Å². The third kappa shape index (κ3) is 12.6. The molecule has 1 aliphatic carbocycles. The van der Waals surface area contributed by atoms with E-state index >= 15 is 0 Å². The number of methoxy groups -OCH3 is 2. The molecule has 2 amide bonds. The van der Waals surface area contributed by atoms with Crippen LogP contribution in [0.5, 0.6) is 0 Å². The van der Waals surface area contributed by atoms with Gasteiger partial charge in [0, 0.05) is 43.3 Å². The Labute approximate surface area is 289 Å². The first-order valence-corrected chi connectivity index (χ1v) is 15.9. The molecule has 1 fully saturated rings. The summed E-state index contributed by atoms with van der Waals surface area (Å²) in [5.74, 6) is 0.508. The summed E-state index contributed by atoms with van der Waals surface area (Å²) in [4.78, 5) is 63.5. The van der Waals surface area contributed by atoms with Gasteiger partial charge >= 0.3 is 23.6 Å². The van der Waals surface area contributed by atoms with Gasteiger partial charge in [-0.05, 0) is 66.0 Å². The summed E-state index contributed by atoms with van der Waals surface area (Å²) in [6.07, 6.45) is 5.70. The van der Waals surface area contributed by atoms with Gasteiger partial charge in [-0.2, -0.15) is 9.97 Å². The third-order valence-electron chi connectivity index (χ3n) is 7.26. The van der Waals surface area contributed by atoms with Crippen molar-refractivity contribution < 1.29 is 28.9 Å². The van der Waals surface area contributed by atoms with E-state index < -0.39 is 33.1 Å². The van der Waals surface area contributed by atoms with Gasteiger partial charge in [-0.1, -0.05) is 12.8 Å². The van der Waals surface area contributed by atoms with Crippen molar-refractivity contribution >= 4 is 52.7 Å². The van der Waals surface area contributed by atoms with Gasteiger partial charge in [0.15, 0.2) is 0 Å². The molecule has 0 aromatic carbocycles. The largest absolute Gasteiger partial charge is 0.453 e. The Balaban J connectivity index is 0.000000348. The predicted molar refractivity (Wildman–Crippen MR) is 183 cm³/mol. The summed E-state index contributed by atoms with van der Waals surface area (Å²) >= 11 is 5.64. The van der Waals surface area contributed by atoms with Crippen molar-refractivity contribution in [2.45, 2.75) is 84.3 Å². The Hall–Kier alpha value is -4.81. The minimum Gasteiger partial charge on any atom is -0.453 e. The van der Waals surface area contributed by atoms with Crippen molar-refractivity contribution in [3.8, 4) is 0 Å². The Bertz CT molecular complexity index is 1450. The maximum Gasteiger partial charge on any atom is 0.409 e. The molecular weight excluding hydrogens is 666 g/mol. The fourth-order valence-corrected chi connectivity index (χ4v) is 4.91. The van der Waals surface area contributed by atoms with E-state index in [2.05, 4.69) is 35.9 Å². The summed E-state index contributed by atoms with van der Waals surface area (Å²) in [6.45, 7) is 12.3. The van der Waals surface area contributed by atoms with Crippen LogP contribution in [0, 0.1) is 20.2 Å². The van der Waals surface area contributed by atoms with E-state index in [4.69, 9.17) is 21.1 Å². The molecule has 2 heterocycles. The van der Waals surface area contributed by atoms with Crippen molar-refractivity contribution in [1.82, 2.24) is 29.7 Å². The molecule has 1 aliphatic rings. The molecule has 0 spiro atoms. The minimum atomic E-state index is -0.611. The fraction of sp³-hybridized carbons (Fsp3) is 0.655. The molecule has 49 heavy (non-hydrogen) atoms. The first-order chi connectivity index (χ1) is 22.9. The Kier molecular flexibility index (Phi) is 14.9. The van der Waals surface area contributed by atoms with Gasteiger partial charge in [-0.3, -0.25) is 20.2 Å².